The fourth-order valence-corrected chi connectivity index (χ4v) is 3.48. The lowest BCUT2D eigenvalue weighted by Gasteiger charge is -2.21. The third-order valence-corrected chi connectivity index (χ3v) is 4.70. The Morgan fingerprint density at radius 2 is 2.25 bits per heavy atom. The number of fused-ring (bicyclic) bond motifs is 1. The Hall–Kier alpha value is -1.37. The van der Waals surface area contributed by atoms with E-state index in [1.165, 1.54) is 5.56 Å². The lowest BCUT2D eigenvalue weighted by molar-refractivity contribution is -0.118. The molecule has 0 fully saturated rings. The van der Waals surface area contributed by atoms with Crippen molar-refractivity contribution in [1.29, 1.82) is 0 Å². The lowest BCUT2D eigenvalue weighted by Crippen LogP contribution is -2.26. The number of halogens is 1. The monoisotopic (exact) mass is 352 g/mol. The van der Waals surface area contributed by atoms with Gasteiger partial charge >= 0.3 is 0 Å². The molecule has 0 aliphatic carbocycles. The van der Waals surface area contributed by atoms with Crippen LogP contribution in [0.3, 0.4) is 0 Å². The molecule has 104 valence electrons. The van der Waals surface area contributed by atoms with Crippen LogP contribution in [0.5, 0.6) is 5.75 Å². The summed E-state index contributed by atoms with van der Waals surface area (Å²) >= 11 is 5.14. The third kappa shape index (κ3) is 2.59. The minimum Gasteiger partial charge on any atom is -0.482 e. The minimum absolute atomic E-state index is 0.0826. The van der Waals surface area contributed by atoms with Crippen molar-refractivity contribution < 1.29 is 9.53 Å². The molecule has 0 saturated heterocycles. The van der Waals surface area contributed by atoms with Crippen LogP contribution in [0, 0.1) is 0 Å². The topological polar surface area (TPSA) is 50.4 Å². The van der Waals surface area contributed by atoms with E-state index in [2.05, 4.69) is 38.0 Å². The minimum atomic E-state index is -0.117. The average Bonchev–Trinajstić information content (AvgIpc) is 2.85. The van der Waals surface area contributed by atoms with Gasteiger partial charge in [-0.15, -0.1) is 11.3 Å². The molecule has 2 aromatic rings. The number of amides is 1. The molecule has 4 nitrogen and oxygen atoms in total. The number of hydrogen-bond acceptors (Lipinski definition) is 4. The number of ether oxygens (including phenoxy) is 1. The van der Waals surface area contributed by atoms with Crippen molar-refractivity contribution in [2.45, 2.75) is 6.04 Å². The van der Waals surface area contributed by atoms with Crippen molar-refractivity contribution in [2.75, 3.05) is 19.0 Å². The van der Waals surface area contributed by atoms with Gasteiger partial charge in [-0.25, -0.2) is 0 Å². The Morgan fingerprint density at radius 1 is 1.40 bits per heavy atom. The van der Waals surface area contributed by atoms with Gasteiger partial charge < -0.3 is 15.4 Å². The molecule has 1 unspecified atom stereocenters. The fourth-order valence-electron chi connectivity index (χ4n) is 2.28. The van der Waals surface area contributed by atoms with Crippen LogP contribution in [0.2, 0.25) is 0 Å². The van der Waals surface area contributed by atoms with Gasteiger partial charge in [-0.2, -0.15) is 0 Å². The Labute approximate surface area is 129 Å². The van der Waals surface area contributed by atoms with E-state index in [-0.39, 0.29) is 18.6 Å². The molecule has 2 N–H and O–H groups in total. The first-order chi connectivity index (χ1) is 9.67. The fraction of sp³-hybridized carbons (Fsp3) is 0.214. The van der Waals surface area contributed by atoms with E-state index < -0.39 is 0 Å². The zero-order valence-electron chi connectivity index (χ0n) is 10.8. The molecule has 0 bridgehead atoms. The maximum absolute atomic E-state index is 11.4. The number of carbonyl (C=O) groups is 1. The van der Waals surface area contributed by atoms with Crippen LogP contribution < -0.4 is 15.4 Å². The number of nitrogens with one attached hydrogen (secondary N) is 2. The Morgan fingerprint density at radius 3 is 2.95 bits per heavy atom. The second-order valence-electron chi connectivity index (χ2n) is 4.50. The Bertz CT molecular complexity index is 656. The van der Waals surface area contributed by atoms with Gasteiger partial charge in [0.25, 0.3) is 5.91 Å². The molecular formula is C14H13BrN2O2S. The van der Waals surface area contributed by atoms with Crippen LogP contribution in [0.1, 0.15) is 17.2 Å². The summed E-state index contributed by atoms with van der Waals surface area (Å²) < 4.78 is 6.48. The summed E-state index contributed by atoms with van der Waals surface area (Å²) in [6, 6.07) is 8.06. The number of hydrogen-bond donors (Lipinski definition) is 2. The lowest BCUT2D eigenvalue weighted by atomic mass is 10.0. The number of thiophene rings is 1. The van der Waals surface area contributed by atoms with E-state index in [1.54, 1.807) is 11.3 Å². The van der Waals surface area contributed by atoms with Gasteiger partial charge in [-0.1, -0.05) is 6.07 Å². The maximum Gasteiger partial charge on any atom is 0.262 e. The van der Waals surface area contributed by atoms with Crippen LogP contribution in [0.15, 0.2) is 33.4 Å². The second kappa shape index (κ2) is 5.55. The van der Waals surface area contributed by atoms with Gasteiger partial charge in [0.1, 0.15) is 5.75 Å². The van der Waals surface area contributed by atoms with E-state index >= 15 is 0 Å². The smallest absolute Gasteiger partial charge is 0.262 e. The number of rotatable bonds is 3. The molecule has 0 saturated carbocycles. The molecule has 0 radical (unpaired) electrons. The van der Waals surface area contributed by atoms with E-state index in [1.807, 2.05) is 25.2 Å². The molecule has 1 aliphatic heterocycles. The van der Waals surface area contributed by atoms with E-state index in [0.717, 1.165) is 20.8 Å². The van der Waals surface area contributed by atoms with Crippen molar-refractivity contribution in [1.82, 2.24) is 5.32 Å². The van der Waals surface area contributed by atoms with Gasteiger partial charge in [0, 0.05) is 0 Å². The summed E-state index contributed by atoms with van der Waals surface area (Å²) in [7, 11) is 1.92. The van der Waals surface area contributed by atoms with Gasteiger partial charge in [0.2, 0.25) is 0 Å². The molecule has 3 rings (SSSR count). The van der Waals surface area contributed by atoms with Crippen molar-refractivity contribution >= 4 is 38.9 Å². The third-order valence-electron chi connectivity index (χ3n) is 3.18. The SMILES string of the molecule is CNC(c1csc(Br)c1)c1ccc2c(c1)NC(=O)CO2. The molecule has 0 spiro atoms. The van der Waals surface area contributed by atoms with Crippen LogP contribution in [-0.2, 0) is 4.79 Å². The first-order valence-corrected chi connectivity index (χ1v) is 7.82. The van der Waals surface area contributed by atoms with Crippen LogP contribution in [-0.4, -0.2) is 19.6 Å². The summed E-state index contributed by atoms with van der Waals surface area (Å²) in [5.74, 6) is 0.601. The molecule has 1 amide bonds. The number of anilines is 1. The first kappa shape index (κ1) is 13.6. The number of carbonyl (C=O) groups excluding carboxylic acids is 1. The van der Waals surface area contributed by atoms with Crippen LogP contribution >= 0.6 is 27.3 Å². The van der Waals surface area contributed by atoms with Gasteiger partial charge in [-0.3, -0.25) is 4.79 Å². The van der Waals surface area contributed by atoms with Crippen molar-refractivity contribution in [3.05, 3.63) is 44.6 Å². The van der Waals surface area contributed by atoms with Crippen LogP contribution in [0.4, 0.5) is 5.69 Å². The van der Waals surface area contributed by atoms with E-state index in [0.29, 0.717) is 0 Å². The zero-order chi connectivity index (χ0) is 14.1. The van der Waals surface area contributed by atoms with Crippen LogP contribution in [0.25, 0.3) is 0 Å². The van der Waals surface area contributed by atoms with Gasteiger partial charge in [0.05, 0.1) is 15.5 Å². The standard InChI is InChI=1S/C14H13BrN2O2S/c1-16-14(9-5-12(15)20-7-9)8-2-3-11-10(4-8)17-13(18)6-19-11/h2-5,7,14,16H,6H2,1H3,(H,17,18). The van der Waals surface area contributed by atoms with E-state index in [9.17, 15) is 4.79 Å². The summed E-state index contributed by atoms with van der Waals surface area (Å²) in [6.45, 7) is 0.0826. The summed E-state index contributed by atoms with van der Waals surface area (Å²) in [5.41, 5.74) is 3.00. The van der Waals surface area contributed by atoms with Gasteiger partial charge in [-0.05, 0) is 57.7 Å². The largest absolute Gasteiger partial charge is 0.482 e. The van der Waals surface area contributed by atoms with Crippen molar-refractivity contribution in [3.8, 4) is 5.75 Å². The molecule has 1 aliphatic rings. The van der Waals surface area contributed by atoms with Gasteiger partial charge in [0.15, 0.2) is 6.61 Å². The highest BCUT2D eigenvalue weighted by molar-refractivity contribution is 9.11. The summed E-state index contributed by atoms with van der Waals surface area (Å²) in [5, 5.41) is 8.25. The maximum atomic E-state index is 11.4. The predicted octanol–water partition coefficient (Wildman–Crippen LogP) is 3.15. The number of benzene rings is 1. The quantitative estimate of drug-likeness (QED) is 0.891. The molecule has 1 atom stereocenters. The second-order valence-corrected chi connectivity index (χ2v) is 6.79. The molecule has 20 heavy (non-hydrogen) atoms. The Balaban J connectivity index is 1.96. The zero-order valence-corrected chi connectivity index (χ0v) is 13.2. The van der Waals surface area contributed by atoms with Crippen molar-refractivity contribution in [2.24, 2.45) is 0 Å². The predicted molar refractivity (Wildman–Crippen MR) is 83.5 cm³/mol. The Kier molecular flexibility index (Phi) is 3.78. The van der Waals surface area contributed by atoms with Crippen molar-refractivity contribution in [3.63, 3.8) is 0 Å². The molecule has 1 aromatic heterocycles. The first-order valence-electron chi connectivity index (χ1n) is 6.15. The summed E-state index contributed by atoms with van der Waals surface area (Å²) in [4.78, 5) is 11.4. The highest BCUT2D eigenvalue weighted by atomic mass is 79.9. The molecule has 2 heterocycles. The average molecular weight is 353 g/mol. The highest BCUT2D eigenvalue weighted by Gasteiger charge is 2.19. The van der Waals surface area contributed by atoms with E-state index in [4.69, 9.17) is 4.74 Å². The molecule has 1 aromatic carbocycles. The molecular weight excluding hydrogens is 340 g/mol. The normalized spacial score (nSPS) is 15.2. The summed E-state index contributed by atoms with van der Waals surface area (Å²) in [6.07, 6.45) is 0. The highest BCUT2D eigenvalue weighted by Crippen LogP contribution is 2.34. The molecule has 6 heteroatoms.